The zero-order valence-corrected chi connectivity index (χ0v) is 11.4. The summed E-state index contributed by atoms with van der Waals surface area (Å²) in [5, 5.41) is 29.3. The molecule has 0 radical (unpaired) electrons. The molecule has 130 valence electrons. The van der Waals surface area contributed by atoms with E-state index in [1.165, 1.54) is 5.32 Å². The lowest BCUT2D eigenvalue weighted by molar-refractivity contribution is -0.250. The van der Waals surface area contributed by atoms with Crippen LogP contribution in [0.1, 0.15) is 0 Å². The van der Waals surface area contributed by atoms with E-state index < -0.39 is 57.2 Å². The van der Waals surface area contributed by atoms with Gasteiger partial charge in [-0.1, -0.05) is 0 Å². The summed E-state index contributed by atoms with van der Waals surface area (Å²) in [6.45, 7) is -0.931. The Morgan fingerprint density at radius 1 is 1.27 bits per heavy atom. The van der Waals surface area contributed by atoms with Crippen LogP contribution in [0.4, 0.5) is 13.2 Å². The quantitative estimate of drug-likeness (QED) is 0.301. The third-order valence-electron chi connectivity index (χ3n) is 2.68. The minimum absolute atomic E-state index is 0.931. The van der Waals surface area contributed by atoms with E-state index in [0.717, 1.165) is 0 Å². The number of halogens is 3. The number of aliphatic hydroxyl groups excluding tert-OH is 3. The minimum Gasteiger partial charge on any atom is -0.394 e. The van der Waals surface area contributed by atoms with Crippen LogP contribution in [-0.2, 0) is 18.6 Å². The number of aliphatic hydroxyl groups is 3. The highest BCUT2D eigenvalue weighted by molar-refractivity contribution is 7.46. The van der Waals surface area contributed by atoms with Gasteiger partial charge in [0.15, 0.2) is 6.29 Å². The van der Waals surface area contributed by atoms with Crippen molar-refractivity contribution in [1.29, 1.82) is 0 Å². The molecule has 1 saturated heterocycles. The first kappa shape index (κ1) is 19.3. The molecule has 0 bridgehead atoms. The van der Waals surface area contributed by atoms with Crippen molar-refractivity contribution in [2.75, 3.05) is 6.61 Å². The van der Waals surface area contributed by atoms with Crippen LogP contribution in [-0.4, -0.2) is 74.4 Å². The van der Waals surface area contributed by atoms with E-state index in [2.05, 4.69) is 9.26 Å². The highest BCUT2D eigenvalue weighted by atomic mass is 31.2. The lowest BCUT2D eigenvalue weighted by atomic mass is 9.97. The first-order valence-corrected chi connectivity index (χ1v) is 7.14. The molecule has 0 saturated carbocycles. The van der Waals surface area contributed by atoms with E-state index in [1.54, 1.807) is 0 Å². The maximum absolute atomic E-state index is 12.2. The van der Waals surface area contributed by atoms with Crippen LogP contribution in [0.2, 0.25) is 0 Å². The molecule has 5 atom stereocenters. The van der Waals surface area contributed by atoms with E-state index in [4.69, 9.17) is 14.9 Å². The van der Waals surface area contributed by atoms with Crippen molar-refractivity contribution in [3.8, 4) is 0 Å². The summed E-state index contributed by atoms with van der Waals surface area (Å²) >= 11 is 0. The van der Waals surface area contributed by atoms with Crippen molar-refractivity contribution < 1.29 is 56.9 Å². The van der Waals surface area contributed by atoms with Crippen LogP contribution in [0.25, 0.3) is 0 Å². The number of phosphoric acid groups is 1. The highest BCUT2D eigenvalue weighted by Gasteiger charge is 2.50. The standard InChI is InChI=1S/C8H13F3NO9P/c9-8(10,11)7(16)12-3-5(15)4(14)2(1-13)20-6(3)21-22(17,18)19/h2-6,13-15H,1H2,(H,12,16)(H2,17,18,19)/t2-,3-,4-,5-,6?/m1/s1. The molecule has 1 amide bonds. The van der Waals surface area contributed by atoms with E-state index in [1.807, 2.05) is 0 Å². The van der Waals surface area contributed by atoms with E-state index >= 15 is 0 Å². The number of carbonyl (C=O) groups is 1. The first-order chi connectivity index (χ1) is 9.86. The van der Waals surface area contributed by atoms with E-state index in [-0.39, 0.29) is 0 Å². The Labute approximate surface area is 120 Å². The van der Waals surface area contributed by atoms with Gasteiger partial charge in [-0.25, -0.2) is 4.57 Å². The molecule has 1 aliphatic heterocycles. The molecular weight excluding hydrogens is 342 g/mol. The summed E-state index contributed by atoms with van der Waals surface area (Å²) in [6.07, 6.45) is -13.3. The maximum Gasteiger partial charge on any atom is 0.472 e. The molecule has 10 nitrogen and oxygen atoms in total. The molecule has 0 aromatic carbocycles. The number of amides is 1. The van der Waals surface area contributed by atoms with Crippen molar-refractivity contribution in [1.82, 2.24) is 5.32 Å². The Morgan fingerprint density at radius 3 is 2.23 bits per heavy atom. The Morgan fingerprint density at radius 2 is 1.82 bits per heavy atom. The van der Waals surface area contributed by atoms with Gasteiger partial charge in [-0.15, -0.1) is 0 Å². The van der Waals surface area contributed by atoms with Gasteiger partial charge < -0.3 is 35.2 Å². The molecule has 14 heteroatoms. The number of rotatable bonds is 4. The molecular formula is C8H13F3NO9P. The fourth-order valence-electron chi connectivity index (χ4n) is 1.69. The predicted octanol–water partition coefficient (Wildman–Crippen LogP) is -2.42. The average Bonchev–Trinajstić information content (AvgIpc) is 2.35. The van der Waals surface area contributed by atoms with Crippen molar-refractivity contribution in [3.63, 3.8) is 0 Å². The van der Waals surface area contributed by atoms with Gasteiger partial charge >= 0.3 is 19.9 Å². The molecule has 1 aliphatic rings. The normalized spacial score (nSPS) is 33.5. The molecule has 0 aliphatic carbocycles. The van der Waals surface area contributed by atoms with Gasteiger partial charge in [0, 0.05) is 0 Å². The van der Waals surface area contributed by atoms with Gasteiger partial charge in [0.2, 0.25) is 0 Å². The molecule has 1 rings (SSSR count). The Hall–Kier alpha value is -0.790. The zero-order valence-electron chi connectivity index (χ0n) is 10.5. The van der Waals surface area contributed by atoms with Crippen LogP contribution >= 0.6 is 7.82 Å². The fourth-order valence-corrected chi connectivity index (χ4v) is 2.15. The van der Waals surface area contributed by atoms with Gasteiger partial charge in [-0.2, -0.15) is 13.2 Å². The maximum atomic E-state index is 12.2. The second kappa shape index (κ2) is 6.76. The molecule has 22 heavy (non-hydrogen) atoms. The summed E-state index contributed by atoms with van der Waals surface area (Å²) in [7, 11) is -5.27. The molecule has 1 heterocycles. The average molecular weight is 355 g/mol. The highest BCUT2D eigenvalue weighted by Crippen LogP contribution is 2.40. The monoisotopic (exact) mass is 355 g/mol. The summed E-state index contributed by atoms with van der Waals surface area (Å²) in [5.74, 6) is -2.55. The zero-order chi connectivity index (χ0) is 17.3. The third kappa shape index (κ3) is 4.86. The lowest BCUT2D eigenvalue weighted by Crippen LogP contribution is -2.65. The second-order valence-electron chi connectivity index (χ2n) is 4.30. The predicted molar refractivity (Wildman–Crippen MR) is 58.9 cm³/mol. The Kier molecular flexibility index (Phi) is 5.92. The summed E-state index contributed by atoms with van der Waals surface area (Å²) < 4.78 is 56.1. The molecule has 0 spiro atoms. The lowest BCUT2D eigenvalue weighted by Gasteiger charge is -2.41. The summed E-state index contributed by atoms with van der Waals surface area (Å²) in [4.78, 5) is 28.2. The number of hydrogen-bond donors (Lipinski definition) is 6. The largest absolute Gasteiger partial charge is 0.472 e. The van der Waals surface area contributed by atoms with Crippen LogP contribution in [0.5, 0.6) is 0 Å². The number of alkyl halides is 3. The summed E-state index contributed by atoms with van der Waals surface area (Å²) in [5.41, 5.74) is 0. The number of phosphoric ester groups is 1. The molecule has 6 N–H and O–H groups in total. The number of carbonyl (C=O) groups excluding carboxylic acids is 1. The van der Waals surface area contributed by atoms with Crippen LogP contribution < -0.4 is 5.32 Å². The molecule has 1 unspecified atom stereocenters. The van der Waals surface area contributed by atoms with Gasteiger partial charge in [0.25, 0.3) is 0 Å². The summed E-state index contributed by atoms with van der Waals surface area (Å²) in [6, 6.07) is -2.14. The topological polar surface area (TPSA) is 166 Å². The minimum atomic E-state index is -5.36. The Balaban J connectivity index is 3.00. The number of nitrogens with one attached hydrogen (secondary N) is 1. The molecule has 0 aromatic heterocycles. The fraction of sp³-hybridized carbons (Fsp3) is 0.875. The van der Waals surface area contributed by atoms with Crippen LogP contribution in [0.15, 0.2) is 0 Å². The number of ether oxygens (including phenoxy) is 1. The van der Waals surface area contributed by atoms with Gasteiger partial charge in [0.1, 0.15) is 24.4 Å². The van der Waals surface area contributed by atoms with Crippen molar-refractivity contribution in [3.05, 3.63) is 0 Å². The van der Waals surface area contributed by atoms with Crippen molar-refractivity contribution >= 4 is 13.7 Å². The van der Waals surface area contributed by atoms with E-state index in [9.17, 15) is 32.7 Å². The van der Waals surface area contributed by atoms with Gasteiger partial charge in [0.05, 0.1) is 6.61 Å². The van der Waals surface area contributed by atoms with Crippen molar-refractivity contribution in [2.45, 2.75) is 36.8 Å². The smallest absolute Gasteiger partial charge is 0.394 e. The van der Waals surface area contributed by atoms with Crippen LogP contribution in [0, 0.1) is 0 Å². The van der Waals surface area contributed by atoms with E-state index in [0.29, 0.717) is 0 Å². The van der Waals surface area contributed by atoms with Gasteiger partial charge in [-0.05, 0) is 0 Å². The van der Waals surface area contributed by atoms with Gasteiger partial charge in [-0.3, -0.25) is 9.32 Å². The third-order valence-corrected chi connectivity index (χ3v) is 3.16. The number of hydrogen-bond acceptors (Lipinski definition) is 7. The molecule has 0 aromatic rings. The second-order valence-corrected chi connectivity index (χ2v) is 5.49. The molecule has 1 fully saturated rings. The Bertz CT molecular complexity index is 455. The first-order valence-electron chi connectivity index (χ1n) is 5.61. The van der Waals surface area contributed by atoms with Crippen LogP contribution in [0.3, 0.4) is 0 Å². The SMILES string of the molecule is O=C(N[C@H]1C(OP(=O)(O)O)O[C@H](CO)[C@@H](O)[C@@H]1O)C(F)(F)F. The van der Waals surface area contributed by atoms with Crippen molar-refractivity contribution in [2.24, 2.45) is 0 Å².